The van der Waals surface area contributed by atoms with Crippen molar-refractivity contribution in [2.45, 2.75) is 0 Å². The SMILES string of the molecule is [C-]#[N+]c1ccc(-c2ccc3c(c2)c2ccccc2n3-c2ccc(-c3nc(-c4ccccc4)nc(-c4ccccc4)n3)cc2-c2ncccc2-n2c3ccccc3c3cc(-c4ccc(C#N)cc4)ccc32)cc1. The molecule has 0 saturated heterocycles. The Bertz CT molecular complexity index is 4270. The summed E-state index contributed by atoms with van der Waals surface area (Å²) in [6.07, 6.45) is 1.87. The Kier molecular flexibility index (Phi) is 10.1. The molecule has 0 unspecified atom stereocenters. The highest BCUT2D eigenvalue weighted by atomic mass is 15.0. The molecule has 13 aromatic rings. The Hall–Kier alpha value is -10.3. The van der Waals surface area contributed by atoms with Crippen molar-refractivity contribution in [3.8, 4) is 85.1 Å². The van der Waals surface area contributed by atoms with E-state index >= 15 is 0 Å². The number of fused-ring (bicyclic) bond motifs is 6. The van der Waals surface area contributed by atoms with Crippen molar-refractivity contribution in [2.75, 3.05) is 0 Å². The van der Waals surface area contributed by atoms with Gasteiger partial charge in [0.2, 0.25) is 0 Å². The molecule has 0 spiro atoms. The van der Waals surface area contributed by atoms with Crippen LogP contribution in [0.2, 0.25) is 0 Å². The van der Waals surface area contributed by atoms with E-state index in [0.717, 1.165) is 105 Å². The van der Waals surface area contributed by atoms with Crippen molar-refractivity contribution in [3.63, 3.8) is 0 Å². The fourth-order valence-electron chi connectivity index (χ4n) is 10.1. The molecule has 9 aromatic carbocycles. The second-order valence-corrected chi connectivity index (χ2v) is 17.7. The molecule has 8 nitrogen and oxygen atoms in total. The molecule has 0 aliphatic carbocycles. The Labute approximate surface area is 414 Å². The van der Waals surface area contributed by atoms with E-state index in [-0.39, 0.29) is 0 Å². The van der Waals surface area contributed by atoms with Crippen molar-refractivity contribution >= 4 is 49.3 Å². The summed E-state index contributed by atoms with van der Waals surface area (Å²) in [5.74, 6) is 1.70. The molecule has 72 heavy (non-hydrogen) atoms. The van der Waals surface area contributed by atoms with E-state index in [1.165, 1.54) is 0 Å². The lowest BCUT2D eigenvalue weighted by atomic mass is 10.0. The van der Waals surface area contributed by atoms with Gasteiger partial charge in [-0.1, -0.05) is 146 Å². The van der Waals surface area contributed by atoms with Crippen LogP contribution < -0.4 is 0 Å². The summed E-state index contributed by atoms with van der Waals surface area (Å²) in [7, 11) is 0. The summed E-state index contributed by atoms with van der Waals surface area (Å²) >= 11 is 0. The molecular formula is C64H38N8. The highest BCUT2D eigenvalue weighted by Crippen LogP contribution is 2.43. The molecule has 0 N–H and O–H groups in total. The standard InChI is InChI=1S/C64H38N8/c1-66-49-31-26-43(27-32-49)47-28-33-57-52(38-47)50-17-8-10-19-55(50)71(57)59-35-30-48(64-69-62(44-13-4-2-5-14-44)68-63(70-64)45-15-6-3-7-16-45)39-54(59)61-60(21-12-36-67-61)72-56-20-11-9-18-51(56)53-37-46(29-34-58(53)72)42-24-22-41(40-65)23-25-42/h2-39H. The van der Waals surface area contributed by atoms with Gasteiger partial charge in [0.25, 0.3) is 0 Å². The Balaban J connectivity index is 1.07. The fraction of sp³-hybridized carbons (Fsp3) is 0. The van der Waals surface area contributed by atoms with Crippen LogP contribution >= 0.6 is 0 Å². The van der Waals surface area contributed by atoms with E-state index in [9.17, 15) is 5.26 Å². The number of nitrogens with zero attached hydrogens (tertiary/aromatic N) is 8. The molecule has 0 aliphatic rings. The van der Waals surface area contributed by atoms with Crippen LogP contribution in [0.5, 0.6) is 0 Å². The minimum absolute atomic E-state index is 0.538. The van der Waals surface area contributed by atoms with Crippen LogP contribution in [0.1, 0.15) is 5.56 Å². The van der Waals surface area contributed by atoms with Gasteiger partial charge in [0.1, 0.15) is 0 Å². The monoisotopic (exact) mass is 918 g/mol. The maximum absolute atomic E-state index is 9.51. The van der Waals surface area contributed by atoms with Gasteiger partial charge in [-0.25, -0.2) is 19.8 Å². The number of para-hydroxylation sites is 2. The van der Waals surface area contributed by atoms with Crippen molar-refractivity contribution < 1.29 is 0 Å². The van der Waals surface area contributed by atoms with E-state index in [1.807, 2.05) is 121 Å². The van der Waals surface area contributed by atoms with Gasteiger partial charge in [0, 0.05) is 50.0 Å². The number of hydrogen-bond acceptors (Lipinski definition) is 5. The smallest absolute Gasteiger partial charge is 0.187 e. The predicted molar refractivity (Wildman–Crippen MR) is 290 cm³/mol. The molecule has 0 fully saturated rings. The number of pyridine rings is 1. The molecule has 4 aromatic heterocycles. The lowest BCUT2D eigenvalue weighted by Gasteiger charge is -2.19. The van der Waals surface area contributed by atoms with Crippen molar-refractivity contribution in [1.29, 1.82) is 5.26 Å². The number of benzene rings is 9. The van der Waals surface area contributed by atoms with Crippen molar-refractivity contribution in [2.24, 2.45) is 0 Å². The van der Waals surface area contributed by atoms with Gasteiger partial charge >= 0.3 is 0 Å². The van der Waals surface area contributed by atoms with Gasteiger partial charge in [-0.05, 0) is 101 Å². The first kappa shape index (κ1) is 41.9. The lowest BCUT2D eigenvalue weighted by Crippen LogP contribution is -2.04. The largest absolute Gasteiger partial charge is 0.309 e. The van der Waals surface area contributed by atoms with Gasteiger partial charge in [-0.15, -0.1) is 0 Å². The first-order chi connectivity index (χ1) is 35.6. The summed E-state index contributed by atoms with van der Waals surface area (Å²) in [5.41, 5.74) is 15.7. The highest BCUT2D eigenvalue weighted by Gasteiger charge is 2.23. The van der Waals surface area contributed by atoms with E-state index in [1.54, 1.807) is 0 Å². The third kappa shape index (κ3) is 7.15. The molecular weight excluding hydrogens is 881 g/mol. The normalized spacial score (nSPS) is 11.3. The van der Waals surface area contributed by atoms with Gasteiger partial charge in [0.05, 0.1) is 57.3 Å². The zero-order valence-corrected chi connectivity index (χ0v) is 38.5. The summed E-state index contributed by atoms with van der Waals surface area (Å²) in [4.78, 5) is 24.3. The number of rotatable bonds is 8. The van der Waals surface area contributed by atoms with Gasteiger partial charge in [-0.3, -0.25) is 4.98 Å². The third-order valence-corrected chi connectivity index (χ3v) is 13.5. The molecule has 13 rings (SSSR count). The fourth-order valence-corrected chi connectivity index (χ4v) is 10.1. The molecule has 4 heterocycles. The summed E-state index contributed by atoms with van der Waals surface area (Å²) < 4.78 is 4.68. The zero-order valence-electron chi connectivity index (χ0n) is 38.5. The quantitative estimate of drug-likeness (QED) is 0.142. The summed E-state index contributed by atoms with van der Waals surface area (Å²) in [5, 5.41) is 13.9. The van der Waals surface area contributed by atoms with Gasteiger partial charge < -0.3 is 9.13 Å². The Morgan fingerprint density at radius 3 is 1.42 bits per heavy atom. The maximum atomic E-state index is 9.51. The van der Waals surface area contributed by atoms with E-state index in [4.69, 9.17) is 26.5 Å². The first-order valence-corrected chi connectivity index (χ1v) is 23.6. The summed E-state index contributed by atoms with van der Waals surface area (Å²) in [6.45, 7) is 7.51. The average Bonchev–Trinajstić information content (AvgIpc) is 3.97. The minimum Gasteiger partial charge on any atom is -0.309 e. The predicted octanol–water partition coefficient (Wildman–Crippen LogP) is 15.9. The van der Waals surface area contributed by atoms with Crippen LogP contribution in [-0.4, -0.2) is 29.1 Å². The van der Waals surface area contributed by atoms with Crippen LogP contribution in [0, 0.1) is 17.9 Å². The number of hydrogen-bond donors (Lipinski definition) is 0. The number of nitriles is 1. The molecule has 0 aliphatic heterocycles. The maximum Gasteiger partial charge on any atom is 0.187 e. The summed E-state index contributed by atoms with van der Waals surface area (Å²) in [6, 6.07) is 78.8. The van der Waals surface area contributed by atoms with Gasteiger partial charge in [0.15, 0.2) is 23.2 Å². The Morgan fingerprint density at radius 2 is 0.861 bits per heavy atom. The number of aromatic nitrogens is 6. The van der Waals surface area contributed by atoms with Crippen molar-refractivity contribution in [1.82, 2.24) is 29.1 Å². The Morgan fingerprint density at radius 1 is 0.389 bits per heavy atom. The molecule has 0 atom stereocenters. The van der Waals surface area contributed by atoms with E-state index in [0.29, 0.717) is 28.7 Å². The van der Waals surface area contributed by atoms with Gasteiger partial charge in [-0.2, -0.15) is 5.26 Å². The van der Waals surface area contributed by atoms with Crippen LogP contribution in [0.4, 0.5) is 5.69 Å². The van der Waals surface area contributed by atoms with Crippen LogP contribution in [-0.2, 0) is 0 Å². The van der Waals surface area contributed by atoms with E-state index < -0.39 is 0 Å². The topological polar surface area (TPSA) is 89.6 Å². The lowest BCUT2D eigenvalue weighted by molar-refractivity contribution is 1.07. The zero-order chi connectivity index (χ0) is 48.1. The van der Waals surface area contributed by atoms with Crippen LogP contribution in [0.3, 0.4) is 0 Å². The second kappa shape index (κ2) is 17.4. The molecule has 0 amide bonds. The van der Waals surface area contributed by atoms with Crippen LogP contribution in [0.15, 0.2) is 231 Å². The molecule has 0 saturated carbocycles. The molecule has 334 valence electrons. The minimum atomic E-state index is 0.538. The third-order valence-electron chi connectivity index (χ3n) is 13.5. The molecule has 0 radical (unpaired) electrons. The van der Waals surface area contributed by atoms with Crippen LogP contribution in [0.25, 0.3) is 128 Å². The molecule has 8 heteroatoms. The highest BCUT2D eigenvalue weighted by molar-refractivity contribution is 6.12. The van der Waals surface area contributed by atoms with E-state index in [2.05, 4.69) is 129 Å². The molecule has 0 bridgehead atoms. The average molecular weight is 919 g/mol. The first-order valence-electron chi connectivity index (χ1n) is 23.6. The second-order valence-electron chi connectivity index (χ2n) is 17.7. The van der Waals surface area contributed by atoms with Crippen molar-refractivity contribution in [3.05, 3.63) is 248 Å².